The zero-order chi connectivity index (χ0) is 13.1. The second kappa shape index (κ2) is 6.05. The number of hydrogen-bond acceptors (Lipinski definition) is 3. The molecule has 0 spiro atoms. The standard InChI is InChI=1S/C11H15Cl2NO2S/c1-14-10(7-17(2,15)16)6-8-5-9(12)3-4-11(8)13/h3-5,10,14H,6-7H2,1-2H3. The van der Waals surface area contributed by atoms with Gasteiger partial charge >= 0.3 is 0 Å². The van der Waals surface area contributed by atoms with E-state index in [-0.39, 0.29) is 11.8 Å². The van der Waals surface area contributed by atoms with Crippen LogP contribution < -0.4 is 5.32 Å². The van der Waals surface area contributed by atoms with Crippen molar-refractivity contribution in [3.05, 3.63) is 33.8 Å². The Bertz CT molecular complexity index is 488. The zero-order valence-electron chi connectivity index (χ0n) is 9.70. The van der Waals surface area contributed by atoms with Gasteiger partial charge in [0.2, 0.25) is 0 Å². The summed E-state index contributed by atoms with van der Waals surface area (Å²) in [6, 6.07) is 5.02. The van der Waals surface area contributed by atoms with E-state index in [4.69, 9.17) is 23.2 Å². The van der Waals surface area contributed by atoms with Gasteiger partial charge in [0.05, 0.1) is 5.75 Å². The minimum absolute atomic E-state index is 0.0757. The van der Waals surface area contributed by atoms with Gasteiger partial charge in [-0.15, -0.1) is 0 Å². The molecule has 0 aliphatic rings. The highest BCUT2D eigenvalue weighted by Gasteiger charge is 2.15. The Balaban J connectivity index is 2.84. The lowest BCUT2D eigenvalue weighted by atomic mass is 10.1. The number of nitrogens with one attached hydrogen (secondary N) is 1. The van der Waals surface area contributed by atoms with Crippen molar-refractivity contribution < 1.29 is 8.42 Å². The Hall–Kier alpha value is -0.290. The Morgan fingerprint density at radius 3 is 2.53 bits per heavy atom. The lowest BCUT2D eigenvalue weighted by Crippen LogP contribution is -2.34. The minimum atomic E-state index is -3.02. The van der Waals surface area contributed by atoms with Gasteiger partial charge < -0.3 is 5.32 Å². The smallest absolute Gasteiger partial charge is 0.148 e. The zero-order valence-corrected chi connectivity index (χ0v) is 12.0. The summed E-state index contributed by atoms with van der Waals surface area (Å²) in [6.45, 7) is 0. The molecule has 96 valence electrons. The number of rotatable bonds is 5. The molecule has 0 heterocycles. The lowest BCUT2D eigenvalue weighted by molar-refractivity contribution is 0.567. The van der Waals surface area contributed by atoms with E-state index in [1.807, 2.05) is 0 Å². The second-order valence-corrected chi connectivity index (χ2v) is 7.05. The summed E-state index contributed by atoms with van der Waals surface area (Å²) in [5, 5.41) is 4.17. The molecule has 17 heavy (non-hydrogen) atoms. The molecule has 1 rings (SSSR count). The number of benzene rings is 1. The van der Waals surface area contributed by atoms with E-state index in [9.17, 15) is 8.42 Å². The van der Waals surface area contributed by atoms with Crippen LogP contribution in [0.3, 0.4) is 0 Å². The Labute approximate surface area is 112 Å². The summed E-state index contributed by atoms with van der Waals surface area (Å²) in [4.78, 5) is 0. The molecule has 0 saturated heterocycles. The summed E-state index contributed by atoms with van der Waals surface area (Å²) in [7, 11) is -1.29. The molecule has 0 bridgehead atoms. The molecule has 1 atom stereocenters. The first-order chi connectivity index (χ1) is 7.81. The molecule has 0 saturated carbocycles. The van der Waals surface area contributed by atoms with Crippen LogP contribution in [-0.4, -0.2) is 33.5 Å². The van der Waals surface area contributed by atoms with Crippen molar-refractivity contribution in [3.8, 4) is 0 Å². The normalized spacial score (nSPS) is 13.6. The van der Waals surface area contributed by atoms with Crippen LogP contribution in [0.2, 0.25) is 10.0 Å². The number of sulfone groups is 1. The van der Waals surface area contributed by atoms with Crippen LogP contribution in [0, 0.1) is 0 Å². The predicted molar refractivity (Wildman–Crippen MR) is 72.7 cm³/mol. The van der Waals surface area contributed by atoms with Crippen molar-refractivity contribution in [1.82, 2.24) is 5.32 Å². The van der Waals surface area contributed by atoms with Crippen LogP contribution in [0.5, 0.6) is 0 Å². The van der Waals surface area contributed by atoms with Gasteiger partial charge in [-0.1, -0.05) is 23.2 Å². The fourth-order valence-electron chi connectivity index (χ4n) is 1.57. The molecule has 0 aliphatic carbocycles. The van der Waals surface area contributed by atoms with Gasteiger partial charge in [0.1, 0.15) is 9.84 Å². The average Bonchev–Trinajstić information content (AvgIpc) is 2.20. The van der Waals surface area contributed by atoms with E-state index in [1.54, 1.807) is 25.2 Å². The van der Waals surface area contributed by atoms with Gasteiger partial charge in [0.25, 0.3) is 0 Å². The SMILES string of the molecule is CNC(Cc1cc(Cl)ccc1Cl)CS(C)(=O)=O. The quantitative estimate of drug-likeness (QED) is 0.906. The molecule has 1 aromatic rings. The van der Waals surface area contributed by atoms with Gasteiger partial charge in [0, 0.05) is 22.3 Å². The molecule has 1 aromatic carbocycles. The Kier molecular flexibility index (Phi) is 5.25. The highest BCUT2D eigenvalue weighted by molar-refractivity contribution is 7.90. The number of hydrogen-bond donors (Lipinski definition) is 1. The maximum absolute atomic E-state index is 11.2. The fraction of sp³-hybridized carbons (Fsp3) is 0.455. The van der Waals surface area contributed by atoms with Crippen LogP contribution in [-0.2, 0) is 16.3 Å². The van der Waals surface area contributed by atoms with E-state index in [0.29, 0.717) is 16.5 Å². The van der Waals surface area contributed by atoms with Gasteiger partial charge in [-0.25, -0.2) is 8.42 Å². The van der Waals surface area contributed by atoms with E-state index < -0.39 is 9.84 Å². The van der Waals surface area contributed by atoms with Crippen molar-refractivity contribution >= 4 is 33.0 Å². The number of halogens is 2. The molecule has 0 amide bonds. The van der Waals surface area contributed by atoms with Gasteiger partial charge in [0.15, 0.2) is 0 Å². The van der Waals surface area contributed by atoms with Crippen molar-refractivity contribution in [2.24, 2.45) is 0 Å². The monoisotopic (exact) mass is 295 g/mol. The highest BCUT2D eigenvalue weighted by Crippen LogP contribution is 2.22. The molecule has 0 fully saturated rings. The first-order valence-corrected chi connectivity index (χ1v) is 7.92. The minimum Gasteiger partial charge on any atom is -0.316 e. The van der Waals surface area contributed by atoms with Gasteiger partial charge in [-0.3, -0.25) is 0 Å². The van der Waals surface area contributed by atoms with E-state index in [1.165, 1.54) is 6.26 Å². The lowest BCUT2D eigenvalue weighted by Gasteiger charge is -2.16. The van der Waals surface area contributed by atoms with Crippen molar-refractivity contribution in [3.63, 3.8) is 0 Å². The molecular formula is C11H15Cl2NO2S. The summed E-state index contributed by atoms with van der Waals surface area (Å²) >= 11 is 11.9. The summed E-state index contributed by atoms with van der Waals surface area (Å²) in [5.74, 6) is 0.0757. The molecular weight excluding hydrogens is 281 g/mol. The van der Waals surface area contributed by atoms with Crippen LogP contribution in [0.4, 0.5) is 0 Å². The molecule has 0 radical (unpaired) electrons. The maximum atomic E-state index is 11.2. The molecule has 0 aliphatic heterocycles. The second-order valence-electron chi connectivity index (χ2n) is 4.02. The molecule has 1 unspecified atom stereocenters. The molecule has 3 nitrogen and oxygen atoms in total. The Morgan fingerprint density at radius 2 is 2.00 bits per heavy atom. The molecule has 1 N–H and O–H groups in total. The maximum Gasteiger partial charge on any atom is 0.148 e. The third-order valence-corrected chi connectivity index (χ3v) is 4.00. The van der Waals surface area contributed by atoms with Crippen LogP contribution in [0.25, 0.3) is 0 Å². The van der Waals surface area contributed by atoms with Crippen LogP contribution >= 0.6 is 23.2 Å². The summed E-state index contributed by atoms with van der Waals surface area (Å²) in [5.41, 5.74) is 0.849. The van der Waals surface area contributed by atoms with Crippen molar-refractivity contribution in [2.45, 2.75) is 12.5 Å². The van der Waals surface area contributed by atoms with E-state index in [2.05, 4.69) is 5.32 Å². The third-order valence-electron chi connectivity index (χ3n) is 2.39. The highest BCUT2D eigenvalue weighted by atomic mass is 35.5. The number of likely N-dealkylation sites (N-methyl/N-ethyl adjacent to an activating group) is 1. The third kappa shape index (κ3) is 5.25. The Morgan fingerprint density at radius 1 is 1.35 bits per heavy atom. The average molecular weight is 296 g/mol. The largest absolute Gasteiger partial charge is 0.316 e. The molecule has 0 aromatic heterocycles. The first-order valence-electron chi connectivity index (χ1n) is 5.10. The van der Waals surface area contributed by atoms with Crippen LogP contribution in [0.1, 0.15) is 5.56 Å². The fourth-order valence-corrected chi connectivity index (χ4v) is 2.98. The van der Waals surface area contributed by atoms with Gasteiger partial charge in [-0.2, -0.15) is 0 Å². The van der Waals surface area contributed by atoms with Crippen LogP contribution in [0.15, 0.2) is 18.2 Å². The van der Waals surface area contributed by atoms with Crippen molar-refractivity contribution in [1.29, 1.82) is 0 Å². The van der Waals surface area contributed by atoms with E-state index in [0.717, 1.165) is 5.56 Å². The summed E-state index contributed by atoms with van der Waals surface area (Å²) < 4.78 is 22.5. The topological polar surface area (TPSA) is 46.2 Å². The van der Waals surface area contributed by atoms with E-state index >= 15 is 0 Å². The summed E-state index contributed by atoms with van der Waals surface area (Å²) in [6.07, 6.45) is 1.75. The molecule has 6 heteroatoms. The van der Waals surface area contributed by atoms with Crippen molar-refractivity contribution in [2.75, 3.05) is 19.1 Å². The predicted octanol–water partition coefficient (Wildman–Crippen LogP) is 2.17. The first kappa shape index (κ1) is 14.8. The van der Waals surface area contributed by atoms with Gasteiger partial charge in [-0.05, 0) is 37.2 Å².